The van der Waals surface area contributed by atoms with Crippen molar-refractivity contribution in [3.05, 3.63) is 24.3 Å². The van der Waals surface area contributed by atoms with Gasteiger partial charge in [-0.15, -0.1) is 0 Å². The summed E-state index contributed by atoms with van der Waals surface area (Å²) >= 11 is 0. The highest BCUT2D eigenvalue weighted by Crippen LogP contribution is 2.27. The molecule has 0 bridgehead atoms. The minimum Gasteiger partial charge on any atom is -0.488 e. The zero-order valence-electron chi connectivity index (χ0n) is 16.0. The van der Waals surface area contributed by atoms with E-state index in [0.717, 1.165) is 50.6 Å². The van der Waals surface area contributed by atoms with Gasteiger partial charge < -0.3 is 19.3 Å². The Kier molecular flexibility index (Phi) is 7.14. The lowest BCUT2D eigenvalue weighted by Gasteiger charge is -2.28. The van der Waals surface area contributed by atoms with E-state index in [-0.39, 0.29) is 18.2 Å². The molecule has 2 fully saturated rings. The molecular formula is C20H32N2O4. The fourth-order valence-electron chi connectivity index (χ4n) is 3.63. The molecule has 0 aliphatic carbocycles. The molecule has 0 saturated carbocycles. The summed E-state index contributed by atoms with van der Waals surface area (Å²) in [6.45, 7) is 10.8. The van der Waals surface area contributed by atoms with Gasteiger partial charge in [-0.2, -0.15) is 0 Å². The molecule has 0 radical (unpaired) electrons. The van der Waals surface area contributed by atoms with E-state index in [1.807, 2.05) is 38.1 Å². The fourth-order valence-corrected chi connectivity index (χ4v) is 3.63. The lowest BCUT2D eigenvalue weighted by molar-refractivity contribution is 0.0834. The van der Waals surface area contributed by atoms with E-state index < -0.39 is 0 Å². The number of aliphatic hydroxyl groups is 1. The second-order valence-electron chi connectivity index (χ2n) is 7.37. The van der Waals surface area contributed by atoms with Crippen molar-refractivity contribution in [3.63, 3.8) is 0 Å². The molecule has 146 valence electrons. The molecule has 0 spiro atoms. The van der Waals surface area contributed by atoms with E-state index in [1.165, 1.54) is 0 Å². The quantitative estimate of drug-likeness (QED) is 0.794. The van der Waals surface area contributed by atoms with Crippen molar-refractivity contribution in [1.29, 1.82) is 0 Å². The fraction of sp³-hybridized carbons (Fsp3) is 0.700. The van der Waals surface area contributed by atoms with Gasteiger partial charge in [-0.05, 0) is 45.5 Å². The number of rotatable bonds is 7. The molecule has 2 heterocycles. The smallest absolute Gasteiger partial charge is 0.161 e. The van der Waals surface area contributed by atoms with Gasteiger partial charge in [0, 0.05) is 19.6 Å². The van der Waals surface area contributed by atoms with Crippen LogP contribution < -0.4 is 9.47 Å². The second-order valence-corrected chi connectivity index (χ2v) is 7.37. The molecular weight excluding hydrogens is 332 g/mol. The number of hydrogen-bond acceptors (Lipinski definition) is 6. The predicted octanol–water partition coefficient (Wildman–Crippen LogP) is 1.62. The number of benzene rings is 1. The first-order chi connectivity index (χ1) is 12.6. The molecule has 2 saturated heterocycles. The van der Waals surface area contributed by atoms with Crippen LogP contribution in [0.4, 0.5) is 0 Å². The van der Waals surface area contributed by atoms with Gasteiger partial charge in [0.15, 0.2) is 11.5 Å². The van der Waals surface area contributed by atoms with Gasteiger partial charge in [-0.3, -0.25) is 9.80 Å². The van der Waals surface area contributed by atoms with Gasteiger partial charge in [0.25, 0.3) is 0 Å². The molecule has 1 aromatic carbocycles. The van der Waals surface area contributed by atoms with E-state index in [1.54, 1.807) is 0 Å². The third-order valence-corrected chi connectivity index (χ3v) is 4.99. The summed E-state index contributed by atoms with van der Waals surface area (Å²) in [5.74, 6) is 1.61. The molecule has 3 rings (SSSR count). The van der Waals surface area contributed by atoms with Crippen LogP contribution in [0.1, 0.15) is 20.3 Å². The Hall–Kier alpha value is -1.34. The van der Waals surface area contributed by atoms with Crippen molar-refractivity contribution in [2.75, 3.05) is 52.5 Å². The first-order valence-electron chi connectivity index (χ1n) is 9.74. The maximum Gasteiger partial charge on any atom is 0.161 e. The minimum absolute atomic E-state index is 0.131. The van der Waals surface area contributed by atoms with Crippen LogP contribution in [-0.2, 0) is 4.74 Å². The molecule has 2 aliphatic heterocycles. The maximum absolute atomic E-state index is 10.0. The first-order valence-corrected chi connectivity index (χ1v) is 9.74. The maximum atomic E-state index is 10.0. The van der Waals surface area contributed by atoms with Crippen molar-refractivity contribution in [3.8, 4) is 11.5 Å². The van der Waals surface area contributed by atoms with Gasteiger partial charge in [0.1, 0.15) is 6.61 Å². The van der Waals surface area contributed by atoms with Crippen LogP contribution in [0.2, 0.25) is 0 Å². The molecule has 0 unspecified atom stereocenters. The molecule has 2 aliphatic rings. The van der Waals surface area contributed by atoms with Crippen molar-refractivity contribution in [2.24, 2.45) is 0 Å². The van der Waals surface area contributed by atoms with Crippen LogP contribution >= 0.6 is 0 Å². The molecule has 0 aromatic heterocycles. The van der Waals surface area contributed by atoms with E-state index in [4.69, 9.17) is 14.2 Å². The molecule has 6 nitrogen and oxygen atoms in total. The SMILES string of the molecule is CC(C)Oc1ccccc1OCCN1CCCN([C@H]2COC[C@@H]2O)CC1. The predicted molar refractivity (Wildman–Crippen MR) is 101 cm³/mol. The number of hydrogen-bond donors (Lipinski definition) is 1. The third kappa shape index (κ3) is 5.33. The summed E-state index contributed by atoms with van der Waals surface area (Å²) < 4.78 is 17.2. The normalized spacial score (nSPS) is 25.4. The lowest BCUT2D eigenvalue weighted by Crippen LogP contribution is -2.45. The molecule has 0 amide bonds. The number of para-hydroxylation sites is 2. The van der Waals surface area contributed by atoms with E-state index in [9.17, 15) is 5.11 Å². The van der Waals surface area contributed by atoms with Crippen molar-refractivity contribution in [2.45, 2.75) is 38.5 Å². The standard InChI is InChI=1S/C20H32N2O4/c1-16(2)26-20-7-4-3-6-19(20)25-13-12-21-8-5-9-22(11-10-21)17-14-24-15-18(17)23/h3-4,6-7,16-18,23H,5,8-15H2,1-2H3/t17-,18-/m0/s1. The summed E-state index contributed by atoms with van der Waals surface area (Å²) in [5, 5.41) is 10.0. The Bertz CT molecular complexity index is 554. The number of aliphatic hydroxyl groups excluding tert-OH is 1. The van der Waals surface area contributed by atoms with Crippen molar-refractivity contribution >= 4 is 0 Å². The summed E-state index contributed by atoms with van der Waals surface area (Å²) in [5.41, 5.74) is 0. The monoisotopic (exact) mass is 364 g/mol. The summed E-state index contributed by atoms with van der Waals surface area (Å²) in [7, 11) is 0. The van der Waals surface area contributed by atoms with Crippen LogP contribution in [0.15, 0.2) is 24.3 Å². The molecule has 1 aromatic rings. The summed E-state index contributed by atoms with van der Waals surface area (Å²) in [6.07, 6.45) is 0.893. The number of ether oxygens (including phenoxy) is 3. The van der Waals surface area contributed by atoms with Crippen LogP contribution in [0.5, 0.6) is 11.5 Å². The largest absolute Gasteiger partial charge is 0.488 e. The average Bonchev–Trinajstić information content (AvgIpc) is 2.90. The van der Waals surface area contributed by atoms with Crippen LogP contribution in [-0.4, -0.2) is 85.7 Å². The molecule has 6 heteroatoms. The van der Waals surface area contributed by atoms with Gasteiger partial charge >= 0.3 is 0 Å². The van der Waals surface area contributed by atoms with Crippen LogP contribution in [0.3, 0.4) is 0 Å². The van der Waals surface area contributed by atoms with Crippen LogP contribution in [0, 0.1) is 0 Å². The third-order valence-electron chi connectivity index (χ3n) is 4.99. The van der Waals surface area contributed by atoms with Crippen LogP contribution in [0.25, 0.3) is 0 Å². The zero-order valence-corrected chi connectivity index (χ0v) is 16.0. The highest BCUT2D eigenvalue weighted by molar-refractivity contribution is 5.39. The molecule has 2 atom stereocenters. The highest BCUT2D eigenvalue weighted by atomic mass is 16.5. The van der Waals surface area contributed by atoms with Gasteiger partial charge in [0.2, 0.25) is 0 Å². The topological polar surface area (TPSA) is 54.4 Å². The Morgan fingerprint density at radius 2 is 1.92 bits per heavy atom. The van der Waals surface area contributed by atoms with E-state index in [2.05, 4.69) is 9.80 Å². The van der Waals surface area contributed by atoms with Crippen molar-refractivity contribution in [1.82, 2.24) is 9.80 Å². The zero-order chi connectivity index (χ0) is 18.4. The second kappa shape index (κ2) is 9.55. The lowest BCUT2D eigenvalue weighted by atomic mass is 10.2. The van der Waals surface area contributed by atoms with E-state index in [0.29, 0.717) is 19.8 Å². The molecule has 26 heavy (non-hydrogen) atoms. The summed E-state index contributed by atoms with van der Waals surface area (Å²) in [4.78, 5) is 4.82. The highest BCUT2D eigenvalue weighted by Gasteiger charge is 2.32. The Balaban J connectivity index is 1.44. The Morgan fingerprint density at radius 1 is 1.12 bits per heavy atom. The van der Waals surface area contributed by atoms with Gasteiger partial charge in [-0.25, -0.2) is 0 Å². The Morgan fingerprint density at radius 3 is 2.65 bits per heavy atom. The van der Waals surface area contributed by atoms with Crippen molar-refractivity contribution < 1.29 is 19.3 Å². The number of nitrogens with zero attached hydrogens (tertiary/aromatic N) is 2. The summed E-state index contributed by atoms with van der Waals surface area (Å²) in [6, 6.07) is 8.01. The molecule has 1 N–H and O–H groups in total. The minimum atomic E-state index is -0.345. The van der Waals surface area contributed by atoms with E-state index >= 15 is 0 Å². The van der Waals surface area contributed by atoms with Gasteiger partial charge in [-0.1, -0.05) is 12.1 Å². The Labute approximate surface area is 156 Å². The average molecular weight is 364 g/mol. The van der Waals surface area contributed by atoms with Gasteiger partial charge in [0.05, 0.1) is 31.5 Å². The first kappa shape index (κ1) is 19.4.